The van der Waals surface area contributed by atoms with E-state index in [-0.39, 0.29) is 5.54 Å². The van der Waals surface area contributed by atoms with Gasteiger partial charge in [-0.3, -0.25) is 0 Å². The van der Waals surface area contributed by atoms with Crippen LogP contribution in [-0.2, 0) is 17.9 Å². The van der Waals surface area contributed by atoms with Crippen molar-refractivity contribution in [3.8, 4) is 17.0 Å². The molecule has 0 radical (unpaired) electrons. The maximum atomic E-state index is 6.49. The number of aromatic nitrogens is 3. The monoisotopic (exact) mass is 515 g/mol. The van der Waals surface area contributed by atoms with Crippen LogP contribution in [0.25, 0.3) is 22.2 Å². The number of para-hydroxylation sites is 1. The number of rotatable bonds is 8. The number of ether oxygens (including phenoxy) is 2. The van der Waals surface area contributed by atoms with E-state index in [9.17, 15) is 0 Å². The van der Waals surface area contributed by atoms with Crippen molar-refractivity contribution in [2.45, 2.75) is 39.5 Å². The van der Waals surface area contributed by atoms with Gasteiger partial charge in [0, 0.05) is 61.0 Å². The Morgan fingerprint density at radius 1 is 1.18 bits per heavy atom. The molecule has 200 valence electrons. The molecular formula is C29H37N7O2. The molecule has 9 nitrogen and oxygen atoms in total. The topological polar surface area (TPSA) is 102 Å². The zero-order valence-corrected chi connectivity index (χ0v) is 22.8. The summed E-state index contributed by atoms with van der Waals surface area (Å²) >= 11 is 0. The van der Waals surface area contributed by atoms with Gasteiger partial charge in [0.15, 0.2) is 0 Å². The molecule has 0 fully saturated rings. The Morgan fingerprint density at radius 2 is 2.00 bits per heavy atom. The zero-order chi connectivity index (χ0) is 26.9. The maximum Gasteiger partial charge on any atom is 0.227 e. The number of nitrogens with two attached hydrogens (primary N) is 1. The largest absolute Gasteiger partial charge is 0.494 e. The molecule has 0 amide bonds. The quantitative estimate of drug-likeness (QED) is 0.288. The molecule has 38 heavy (non-hydrogen) atoms. The minimum absolute atomic E-state index is 0.0616. The molecule has 3 heterocycles. The van der Waals surface area contributed by atoms with Gasteiger partial charge >= 0.3 is 0 Å². The summed E-state index contributed by atoms with van der Waals surface area (Å²) in [6.45, 7) is 10.2. The van der Waals surface area contributed by atoms with E-state index in [4.69, 9.17) is 20.2 Å². The molecule has 1 aliphatic rings. The van der Waals surface area contributed by atoms with Crippen LogP contribution in [0.5, 0.6) is 5.75 Å². The molecule has 5 rings (SSSR count). The van der Waals surface area contributed by atoms with Crippen LogP contribution in [0.3, 0.4) is 0 Å². The molecule has 0 spiro atoms. The fourth-order valence-electron chi connectivity index (χ4n) is 4.95. The van der Waals surface area contributed by atoms with E-state index in [2.05, 4.69) is 70.1 Å². The molecular weight excluding hydrogens is 478 g/mol. The number of nitrogens with zero attached hydrogens (tertiary/aromatic N) is 4. The minimum atomic E-state index is 0.0616. The summed E-state index contributed by atoms with van der Waals surface area (Å²) < 4.78 is 13.9. The first-order valence-electron chi connectivity index (χ1n) is 13.0. The lowest BCUT2D eigenvalue weighted by Crippen LogP contribution is -2.40. The number of hydrogen-bond donors (Lipinski definition) is 3. The van der Waals surface area contributed by atoms with Crippen LogP contribution >= 0.6 is 0 Å². The van der Waals surface area contributed by atoms with Gasteiger partial charge in [-0.25, -0.2) is 9.97 Å². The van der Waals surface area contributed by atoms with Crippen molar-refractivity contribution in [3.63, 3.8) is 0 Å². The summed E-state index contributed by atoms with van der Waals surface area (Å²) in [7, 11) is 3.68. The second-order valence-corrected chi connectivity index (χ2v) is 10.6. The highest BCUT2D eigenvalue weighted by molar-refractivity contribution is 5.97. The average molecular weight is 516 g/mol. The van der Waals surface area contributed by atoms with E-state index in [1.807, 2.05) is 25.2 Å². The van der Waals surface area contributed by atoms with Crippen LogP contribution in [0.1, 0.15) is 26.5 Å². The number of methoxy groups -OCH3 is 1. The third-order valence-electron chi connectivity index (χ3n) is 6.80. The Morgan fingerprint density at radius 3 is 2.79 bits per heavy atom. The molecule has 2 aromatic carbocycles. The zero-order valence-electron chi connectivity index (χ0n) is 22.8. The van der Waals surface area contributed by atoms with Crippen LogP contribution in [0.4, 0.5) is 23.0 Å². The van der Waals surface area contributed by atoms with Crippen LogP contribution < -0.4 is 26.0 Å². The van der Waals surface area contributed by atoms with Gasteiger partial charge in [0.1, 0.15) is 5.75 Å². The molecule has 0 saturated carbocycles. The lowest BCUT2D eigenvalue weighted by atomic mass is 10.1. The van der Waals surface area contributed by atoms with Crippen molar-refractivity contribution in [1.29, 1.82) is 0 Å². The van der Waals surface area contributed by atoms with Crippen molar-refractivity contribution in [3.05, 3.63) is 54.4 Å². The van der Waals surface area contributed by atoms with Gasteiger partial charge in [-0.2, -0.15) is 0 Å². The Hall–Kier alpha value is -3.82. The van der Waals surface area contributed by atoms with Crippen molar-refractivity contribution < 1.29 is 9.47 Å². The second-order valence-electron chi connectivity index (χ2n) is 10.6. The smallest absolute Gasteiger partial charge is 0.227 e. The summed E-state index contributed by atoms with van der Waals surface area (Å²) in [5.74, 6) is 1.13. The number of hydrogen-bond acceptors (Lipinski definition) is 8. The first-order chi connectivity index (χ1) is 18.2. The number of anilines is 4. The van der Waals surface area contributed by atoms with Gasteiger partial charge in [-0.15, -0.1) is 0 Å². The second kappa shape index (κ2) is 10.5. The molecule has 4 aromatic rings. The fraction of sp³-hybridized carbons (Fsp3) is 0.379. The molecule has 0 saturated heterocycles. The van der Waals surface area contributed by atoms with E-state index in [1.54, 1.807) is 13.3 Å². The lowest BCUT2D eigenvalue weighted by Gasteiger charge is -2.26. The Balaban J connectivity index is 1.43. The van der Waals surface area contributed by atoms with Crippen LogP contribution in [-0.4, -0.2) is 53.9 Å². The van der Waals surface area contributed by atoms with Crippen molar-refractivity contribution >= 4 is 33.9 Å². The average Bonchev–Trinajstić information content (AvgIpc) is 3.23. The molecule has 4 N–H and O–H groups in total. The number of nitrogens with one attached hydrogen (secondary N) is 2. The first-order valence-corrected chi connectivity index (χ1v) is 13.0. The third kappa shape index (κ3) is 5.25. The standard InChI is InChI=1S/C29H37N7O2/c1-29(2,3)32-12-13-35(4)24-17-26(37-5)22(16-20(24)30)34-28-31-11-10-21(33-28)27-19-8-6-7-9-23(19)36-14-15-38-18-25(27)36/h6-11,16-17,32H,12-15,18,30H2,1-5H3,(H,31,33,34). The van der Waals surface area contributed by atoms with Crippen LogP contribution in [0.2, 0.25) is 0 Å². The fourth-order valence-corrected chi connectivity index (χ4v) is 4.95. The van der Waals surface area contributed by atoms with Gasteiger partial charge in [0.25, 0.3) is 0 Å². The third-order valence-corrected chi connectivity index (χ3v) is 6.80. The molecule has 0 bridgehead atoms. The summed E-state index contributed by atoms with van der Waals surface area (Å²) in [4.78, 5) is 11.5. The summed E-state index contributed by atoms with van der Waals surface area (Å²) in [6.07, 6.45) is 1.77. The van der Waals surface area contributed by atoms with Gasteiger partial charge < -0.3 is 35.3 Å². The number of benzene rings is 2. The van der Waals surface area contributed by atoms with E-state index in [0.717, 1.165) is 47.7 Å². The number of fused-ring (bicyclic) bond motifs is 3. The lowest BCUT2D eigenvalue weighted by molar-refractivity contribution is 0.0869. The van der Waals surface area contributed by atoms with Gasteiger partial charge in [0.2, 0.25) is 5.95 Å². The molecule has 9 heteroatoms. The molecule has 2 aromatic heterocycles. The van der Waals surface area contributed by atoms with E-state index >= 15 is 0 Å². The summed E-state index contributed by atoms with van der Waals surface area (Å²) in [5.41, 5.74) is 13.1. The van der Waals surface area contributed by atoms with E-state index in [0.29, 0.717) is 36.3 Å². The molecule has 0 aliphatic carbocycles. The predicted octanol–water partition coefficient (Wildman–Crippen LogP) is 4.79. The number of nitrogen functional groups attached to an aromatic ring is 1. The van der Waals surface area contributed by atoms with E-state index < -0.39 is 0 Å². The Bertz CT molecular complexity index is 1440. The molecule has 0 unspecified atom stereocenters. The normalized spacial score (nSPS) is 13.4. The summed E-state index contributed by atoms with van der Waals surface area (Å²) in [5, 5.41) is 8.00. The highest BCUT2D eigenvalue weighted by Gasteiger charge is 2.22. The number of likely N-dealkylation sites (N-methyl/N-ethyl adjacent to an activating group) is 1. The van der Waals surface area contributed by atoms with Gasteiger partial charge in [-0.05, 0) is 39.0 Å². The van der Waals surface area contributed by atoms with Gasteiger partial charge in [0.05, 0.1) is 48.8 Å². The van der Waals surface area contributed by atoms with Crippen molar-refractivity contribution in [1.82, 2.24) is 19.9 Å². The van der Waals surface area contributed by atoms with Crippen LogP contribution in [0, 0.1) is 0 Å². The van der Waals surface area contributed by atoms with Gasteiger partial charge in [-0.1, -0.05) is 18.2 Å². The molecule has 1 aliphatic heterocycles. The predicted molar refractivity (Wildman–Crippen MR) is 154 cm³/mol. The Kier molecular flexibility index (Phi) is 7.14. The van der Waals surface area contributed by atoms with Crippen molar-refractivity contribution in [2.24, 2.45) is 0 Å². The van der Waals surface area contributed by atoms with Crippen LogP contribution in [0.15, 0.2) is 48.7 Å². The summed E-state index contributed by atoms with van der Waals surface area (Å²) in [6, 6.07) is 14.2. The maximum absolute atomic E-state index is 6.49. The SMILES string of the molecule is COc1cc(N(C)CCNC(C)(C)C)c(N)cc1Nc1nccc(-c2c3n(c4ccccc24)CCOC3)n1. The Labute approximate surface area is 224 Å². The molecule has 0 atom stereocenters. The minimum Gasteiger partial charge on any atom is -0.494 e. The van der Waals surface area contributed by atoms with E-state index in [1.165, 1.54) is 5.52 Å². The first kappa shape index (κ1) is 25.8. The highest BCUT2D eigenvalue weighted by Crippen LogP contribution is 2.38. The van der Waals surface area contributed by atoms with Crippen molar-refractivity contribution in [2.75, 3.05) is 49.8 Å². The highest BCUT2D eigenvalue weighted by atomic mass is 16.5.